The fourth-order valence-corrected chi connectivity index (χ4v) is 10.7. The number of quaternary nitrogens is 1. The van der Waals surface area contributed by atoms with Crippen molar-refractivity contribution in [2.24, 2.45) is 0 Å². The van der Waals surface area contributed by atoms with Crippen LogP contribution in [0.15, 0.2) is 36.5 Å². The summed E-state index contributed by atoms with van der Waals surface area (Å²) in [7, 11) is 1.51. The molecule has 3 unspecified atom stereocenters. The molecule has 1 amide bonds. The Hall–Kier alpha value is -1.77. The number of phosphoric ester groups is 1. The number of rotatable bonds is 61. The quantitative estimate of drug-likeness (QED) is 0.0205. The minimum Gasteiger partial charge on any atom is -0.456 e. The summed E-state index contributed by atoms with van der Waals surface area (Å²) in [6.07, 6.45) is 70.1. The van der Waals surface area contributed by atoms with Crippen LogP contribution in [0.3, 0.4) is 0 Å². The molecule has 0 saturated heterocycles. The second-order valence-corrected chi connectivity index (χ2v) is 25.5. The van der Waals surface area contributed by atoms with Gasteiger partial charge in [0.05, 0.1) is 33.8 Å². The monoisotopic (exact) mass is 1110 g/mol. The summed E-state index contributed by atoms with van der Waals surface area (Å²) < 4.78 is 30.7. The molecule has 0 aromatic carbocycles. The van der Waals surface area contributed by atoms with Gasteiger partial charge in [-0.1, -0.05) is 289 Å². The van der Waals surface area contributed by atoms with Crippen LogP contribution in [0.25, 0.3) is 0 Å². The van der Waals surface area contributed by atoms with Crippen LogP contribution in [0.1, 0.15) is 329 Å². The second kappa shape index (κ2) is 57.5. The number of amides is 1. The summed E-state index contributed by atoms with van der Waals surface area (Å²) in [5.74, 6) is -0.489. The molecule has 0 fully saturated rings. The van der Waals surface area contributed by atoms with Crippen molar-refractivity contribution in [2.75, 3.05) is 40.9 Å². The molecule has 3 atom stereocenters. The van der Waals surface area contributed by atoms with Crippen molar-refractivity contribution in [1.29, 1.82) is 0 Å². The molecule has 454 valence electrons. The normalized spacial score (nSPS) is 13.8. The lowest BCUT2D eigenvalue weighted by Crippen LogP contribution is -2.47. The van der Waals surface area contributed by atoms with Crippen LogP contribution in [-0.2, 0) is 27.9 Å². The lowest BCUT2D eigenvalue weighted by Gasteiger charge is -2.27. The van der Waals surface area contributed by atoms with Crippen LogP contribution >= 0.6 is 7.82 Å². The zero-order valence-electron chi connectivity index (χ0n) is 52.0. The predicted octanol–water partition coefficient (Wildman–Crippen LogP) is 20.7. The fourth-order valence-electron chi connectivity index (χ4n) is 9.91. The molecule has 0 aliphatic carbocycles. The molecule has 2 N–H and O–H groups in total. The van der Waals surface area contributed by atoms with E-state index in [0.717, 1.165) is 64.2 Å². The van der Waals surface area contributed by atoms with E-state index in [4.69, 9.17) is 13.8 Å². The molecular weight excluding hydrogens is 976 g/mol. The first kappa shape index (κ1) is 75.2. The zero-order valence-corrected chi connectivity index (χ0v) is 52.9. The average molecular weight is 1110 g/mol. The van der Waals surface area contributed by atoms with Crippen molar-refractivity contribution in [1.82, 2.24) is 5.32 Å². The summed E-state index contributed by atoms with van der Waals surface area (Å²) in [4.78, 5) is 37.7. The number of phosphoric acid groups is 1. The Morgan fingerprint density at radius 3 is 1.19 bits per heavy atom. The summed E-state index contributed by atoms with van der Waals surface area (Å²) in [5.41, 5.74) is 0. The minimum absolute atomic E-state index is 0.0434. The molecule has 0 radical (unpaired) electrons. The molecule has 0 aromatic rings. The summed E-state index contributed by atoms with van der Waals surface area (Å²) >= 11 is 0. The molecule has 77 heavy (non-hydrogen) atoms. The first-order chi connectivity index (χ1) is 37.4. The molecule has 0 spiro atoms. The zero-order chi connectivity index (χ0) is 56.4. The van der Waals surface area contributed by atoms with Gasteiger partial charge in [0.25, 0.3) is 0 Å². The Morgan fingerprint density at radius 1 is 0.455 bits per heavy atom. The van der Waals surface area contributed by atoms with E-state index in [0.29, 0.717) is 23.9 Å². The van der Waals surface area contributed by atoms with Crippen LogP contribution in [0.4, 0.5) is 0 Å². The van der Waals surface area contributed by atoms with E-state index in [2.05, 4.69) is 50.4 Å². The highest BCUT2D eigenvalue weighted by atomic mass is 31.2. The van der Waals surface area contributed by atoms with Crippen molar-refractivity contribution in [3.8, 4) is 0 Å². The van der Waals surface area contributed by atoms with E-state index in [1.165, 1.54) is 231 Å². The van der Waals surface area contributed by atoms with Gasteiger partial charge < -0.3 is 19.4 Å². The Kier molecular flexibility index (Phi) is 56.1. The van der Waals surface area contributed by atoms with Gasteiger partial charge in [-0.15, -0.1) is 0 Å². The van der Waals surface area contributed by atoms with Gasteiger partial charge in [-0.05, 0) is 63.9 Å². The Balaban J connectivity index is 5.02. The third-order valence-electron chi connectivity index (χ3n) is 15.1. The first-order valence-corrected chi connectivity index (χ1v) is 34.8. The van der Waals surface area contributed by atoms with E-state index < -0.39 is 20.0 Å². The maximum Gasteiger partial charge on any atom is 0.472 e. The Bertz CT molecular complexity index is 1410. The van der Waals surface area contributed by atoms with Gasteiger partial charge in [-0.25, -0.2) is 4.57 Å². The SMILES string of the molecule is CCCCC/C=C\C/C=C\CCCCCCCCCCCCCCCCCC(=O)OC(/C=C/CCCCCCCCCCC)C(COP(=O)(O)OCC[N+](C)(C)C)NC(=O)CCCCCCCCCCCCCCCCC. The van der Waals surface area contributed by atoms with Gasteiger partial charge in [-0.2, -0.15) is 0 Å². The topological polar surface area (TPSA) is 111 Å². The van der Waals surface area contributed by atoms with E-state index >= 15 is 0 Å². The largest absolute Gasteiger partial charge is 0.472 e. The van der Waals surface area contributed by atoms with Crippen molar-refractivity contribution in [3.63, 3.8) is 0 Å². The van der Waals surface area contributed by atoms with E-state index in [1.54, 1.807) is 0 Å². The van der Waals surface area contributed by atoms with Crippen molar-refractivity contribution in [3.05, 3.63) is 36.5 Å². The molecular formula is C67H130N2O7P+. The van der Waals surface area contributed by atoms with Crippen LogP contribution < -0.4 is 5.32 Å². The first-order valence-electron chi connectivity index (χ1n) is 33.3. The number of carbonyl (C=O) groups excluding carboxylic acids is 2. The number of carbonyl (C=O) groups is 2. The number of likely N-dealkylation sites (N-methyl/N-ethyl adjacent to an activating group) is 1. The number of esters is 1. The average Bonchev–Trinajstić information content (AvgIpc) is 3.39. The molecule has 0 heterocycles. The molecule has 0 bridgehead atoms. The molecule has 9 nitrogen and oxygen atoms in total. The molecule has 0 aromatic heterocycles. The van der Waals surface area contributed by atoms with Gasteiger partial charge in [0.15, 0.2) is 0 Å². The third kappa shape index (κ3) is 58.7. The molecule has 0 rings (SSSR count). The maximum absolute atomic E-state index is 13.5. The minimum atomic E-state index is -4.44. The Morgan fingerprint density at radius 2 is 0.792 bits per heavy atom. The van der Waals surface area contributed by atoms with Gasteiger partial charge in [0.1, 0.15) is 19.3 Å². The summed E-state index contributed by atoms with van der Waals surface area (Å²) in [5, 5.41) is 3.06. The van der Waals surface area contributed by atoms with Crippen LogP contribution in [-0.4, -0.2) is 74.3 Å². The summed E-state index contributed by atoms with van der Waals surface area (Å²) in [6, 6.07) is -0.843. The highest BCUT2D eigenvalue weighted by molar-refractivity contribution is 7.47. The molecule has 0 aliphatic rings. The van der Waals surface area contributed by atoms with Crippen LogP contribution in [0.5, 0.6) is 0 Å². The lowest BCUT2D eigenvalue weighted by atomic mass is 10.0. The number of nitrogens with zero attached hydrogens (tertiary/aromatic N) is 1. The number of unbranched alkanes of at least 4 members (excludes halogenated alkanes) is 41. The van der Waals surface area contributed by atoms with Crippen molar-refractivity contribution in [2.45, 2.75) is 341 Å². The summed E-state index contributed by atoms with van der Waals surface area (Å²) in [6.45, 7) is 7.03. The lowest BCUT2D eigenvalue weighted by molar-refractivity contribution is -0.870. The van der Waals surface area contributed by atoms with E-state index in [1.807, 2.05) is 33.3 Å². The van der Waals surface area contributed by atoms with Gasteiger partial charge >= 0.3 is 13.8 Å². The molecule has 0 aliphatic heterocycles. The van der Waals surface area contributed by atoms with Gasteiger partial charge in [0.2, 0.25) is 5.91 Å². The Labute approximate surface area is 478 Å². The van der Waals surface area contributed by atoms with Crippen molar-refractivity contribution < 1.29 is 37.3 Å². The molecule has 10 heteroatoms. The number of allylic oxidation sites excluding steroid dienone is 5. The highest BCUT2D eigenvalue weighted by Gasteiger charge is 2.30. The standard InChI is InChI=1S/C67H129N2O7P/c1-7-10-13-16-19-22-25-27-29-30-31-32-33-34-35-36-37-38-40-42-45-48-51-54-57-60-67(71)76-65(58-55-52-49-46-43-24-21-18-15-12-9-3)64(63-75-77(72,73)74-62-61-69(4,5)6)68-66(70)59-56-53-50-47-44-41-39-28-26-23-20-17-14-11-8-2/h19,22,27,29,55,58,64-65H,7-18,20-21,23-26,28,30-54,56-57,59-63H2,1-6H3,(H-,68,70,72,73)/p+1/b22-19-,29-27-,58-55+. The van der Waals surface area contributed by atoms with E-state index in [9.17, 15) is 19.0 Å². The van der Waals surface area contributed by atoms with Gasteiger partial charge in [-0.3, -0.25) is 18.6 Å². The fraction of sp³-hybridized carbons (Fsp3) is 0.881. The number of ether oxygens (including phenoxy) is 1. The number of hydrogen-bond acceptors (Lipinski definition) is 6. The van der Waals surface area contributed by atoms with Crippen LogP contribution in [0, 0.1) is 0 Å². The molecule has 0 saturated carbocycles. The van der Waals surface area contributed by atoms with Gasteiger partial charge in [0, 0.05) is 12.8 Å². The third-order valence-corrected chi connectivity index (χ3v) is 16.1. The highest BCUT2D eigenvalue weighted by Crippen LogP contribution is 2.43. The number of nitrogens with one attached hydrogen (secondary N) is 1. The predicted molar refractivity (Wildman–Crippen MR) is 332 cm³/mol. The van der Waals surface area contributed by atoms with Crippen LogP contribution in [0.2, 0.25) is 0 Å². The number of hydrogen-bond donors (Lipinski definition) is 2. The second-order valence-electron chi connectivity index (χ2n) is 24.0. The van der Waals surface area contributed by atoms with E-state index in [-0.39, 0.29) is 25.1 Å². The van der Waals surface area contributed by atoms with Crippen molar-refractivity contribution >= 4 is 19.7 Å². The smallest absolute Gasteiger partial charge is 0.456 e. The maximum atomic E-state index is 13.5.